The van der Waals surface area contributed by atoms with Gasteiger partial charge in [-0.25, -0.2) is 0 Å². The lowest BCUT2D eigenvalue weighted by Crippen LogP contribution is -2.41. The van der Waals surface area contributed by atoms with Crippen LogP contribution >= 0.6 is 0 Å². The largest absolute Gasteiger partial charge is 0.481 e. The summed E-state index contributed by atoms with van der Waals surface area (Å²) in [6.45, 7) is 1.51. The van der Waals surface area contributed by atoms with Crippen LogP contribution in [0.25, 0.3) is 0 Å². The van der Waals surface area contributed by atoms with Crippen molar-refractivity contribution < 1.29 is 14.7 Å². The van der Waals surface area contributed by atoms with Gasteiger partial charge in [-0.05, 0) is 43.4 Å². The zero-order valence-corrected chi connectivity index (χ0v) is 11.4. The highest BCUT2D eigenvalue weighted by Gasteiger charge is 2.55. The number of carbonyl (C=O) groups excluding carboxylic acids is 1. The van der Waals surface area contributed by atoms with Gasteiger partial charge in [0.2, 0.25) is 5.91 Å². The fraction of sp³-hybridized carbons (Fsp3) is 0.867. The summed E-state index contributed by atoms with van der Waals surface area (Å²) in [6, 6.07) is 0. The summed E-state index contributed by atoms with van der Waals surface area (Å²) in [5.41, 5.74) is 0. The number of carboxylic acid groups (broad SMARTS) is 1. The SMILES string of the molecule is O=C(O)CC1CCCN(C(=O)C2C3CCCCC32)C1. The van der Waals surface area contributed by atoms with Gasteiger partial charge in [0.15, 0.2) is 0 Å². The van der Waals surface area contributed by atoms with Gasteiger partial charge in [0.1, 0.15) is 0 Å². The molecule has 3 unspecified atom stereocenters. The molecule has 3 atom stereocenters. The average molecular weight is 265 g/mol. The van der Waals surface area contributed by atoms with Crippen molar-refractivity contribution in [2.75, 3.05) is 13.1 Å². The number of hydrogen-bond acceptors (Lipinski definition) is 2. The first-order valence-corrected chi connectivity index (χ1v) is 7.67. The number of carboxylic acids is 1. The molecular weight excluding hydrogens is 242 g/mol. The summed E-state index contributed by atoms with van der Waals surface area (Å²) >= 11 is 0. The fourth-order valence-corrected chi connectivity index (χ4v) is 4.25. The number of amides is 1. The summed E-state index contributed by atoms with van der Waals surface area (Å²) < 4.78 is 0. The molecule has 2 saturated carbocycles. The Morgan fingerprint density at radius 1 is 1.05 bits per heavy atom. The third-order valence-corrected chi connectivity index (χ3v) is 5.24. The van der Waals surface area contributed by atoms with Gasteiger partial charge >= 0.3 is 5.97 Å². The molecule has 0 aromatic rings. The molecule has 0 spiro atoms. The molecule has 1 N–H and O–H groups in total. The lowest BCUT2D eigenvalue weighted by atomic mass is 9.94. The highest BCUT2D eigenvalue weighted by atomic mass is 16.4. The maximum Gasteiger partial charge on any atom is 0.303 e. The van der Waals surface area contributed by atoms with E-state index in [4.69, 9.17) is 5.11 Å². The van der Waals surface area contributed by atoms with Crippen LogP contribution < -0.4 is 0 Å². The molecule has 106 valence electrons. The number of rotatable bonds is 3. The summed E-state index contributed by atoms with van der Waals surface area (Å²) in [5, 5.41) is 8.88. The molecule has 1 amide bonds. The Morgan fingerprint density at radius 2 is 1.74 bits per heavy atom. The molecule has 4 heteroatoms. The molecule has 4 nitrogen and oxygen atoms in total. The minimum atomic E-state index is -0.737. The summed E-state index contributed by atoms with van der Waals surface area (Å²) in [7, 11) is 0. The van der Waals surface area contributed by atoms with E-state index in [0.717, 1.165) is 19.4 Å². The number of nitrogens with zero attached hydrogens (tertiary/aromatic N) is 1. The van der Waals surface area contributed by atoms with Crippen molar-refractivity contribution in [1.29, 1.82) is 0 Å². The van der Waals surface area contributed by atoms with Crippen molar-refractivity contribution in [1.82, 2.24) is 4.90 Å². The van der Waals surface area contributed by atoms with Crippen LogP contribution in [0.4, 0.5) is 0 Å². The quantitative estimate of drug-likeness (QED) is 0.850. The molecule has 1 saturated heterocycles. The standard InChI is InChI=1S/C15H23NO3/c17-13(18)8-10-4-3-7-16(9-10)15(19)14-11-5-1-2-6-12(11)14/h10-12,14H,1-9H2,(H,17,18). The van der Waals surface area contributed by atoms with Crippen molar-refractivity contribution in [3.05, 3.63) is 0 Å². The minimum absolute atomic E-state index is 0.163. The first kappa shape index (κ1) is 12.9. The summed E-state index contributed by atoms with van der Waals surface area (Å²) in [5.74, 6) is 1.34. The monoisotopic (exact) mass is 265 g/mol. The van der Waals surface area contributed by atoms with Crippen molar-refractivity contribution in [2.24, 2.45) is 23.7 Å². The van der Waals surface area contributed by atoms with Gasteiger partial charge in [0.05, 0.1) is 0 Å². The van der Waals surface area contributed by atoms with E-state index in [0.29, 0.717) is 24.3 Å². The molecule has 3 fully saturated rings. The zero-order valence-electron chi connectivity index (χ0n) is 11.4. The van der Waals surface area contributed by atoms with E-state index in [1.54, 1.807) is 0 Å². The second kappa shape index (κ2) is 5.14. The fourth-order valence-electron chi connectivity index (χ4n) is 4.25. The van der Waals surface area contributed by atoms with Gasteiger partial charge in [-0.1, -0.05) is 12.8 Å². The number of aliphatic carboxylic acids is 1. The Hall–Kier alpha value is -1.06. The number of likely N-dealkylation sites (tertiary alicyclic amines) is 1. The van der Waals surface area contributed by atoms with Crippen LogP contribution in [0.3, 0.4) is 0 Å². The average Bonchev–Trinajstić information content (AvgIpc) is 3.11. The molecular formula is C15H23NO3. The van der Waals surface area contributed by atoms with E-state index in [1.807, 2.05) is 4.90 Å². The maximum absolute atomic E-state index is 12.5. The first-order valence-electron chi connectivity index (χ1n) is 7.67. The van der Waals surface area contributed by atoms with Crippen LogP contribution in [0.1, 0.15) is 44.9 Å². The van der Waals surface area contributed by atoms with Crippen molar-refractivity contribution >= 4 is 11.9 Å². The molecule has 1 aliphatic heterocycles. The van der Waals surface area contributed by atoms with Crippen LogP contribution in [0.5, 0.6) is 0 Å². The Balaban J connectivity index is 1.56. The Bertz CT molecular complexity index is 370. The summed E-state index contributed by atoms with van der Waals surface area (Å²) in [6.07, 6.45) is 7.15. The van der Waals surface area contributed by atoms with Crippen LogP contribution in [-0.2, 0) is 9.59 Å². The van der Waals surface area contributed by atoms with Gasteiger partial charge in [-0.15, -0.1) is 0 Å². The zero-order chi connectivity index (χ0) is 13.4. The van der Waals surface area contributed by atoms with Gasteiger partial charge in [-0.3, -0.25) is 9.59 Å². The van der Waals surface area contributed by atoms with Gasteiger partial charge < -0.3 is 10.0 Å². The Kier molecular flexibility index (Phi) is 3.50. The third-order valence-electron chi connectivity index (χ3n) is 5.24. The predicted octanol–water partition coefficient (Wildman–Crippen LogP) is 2.14. The molecule has 3 rings (SSSR count). The van der Waals surface area contributed by atoms with Crippen molar-refractivity contribution in [3.8, 4) is 0 Å². The van der Waals surface area contributed by atoms with E-state index in [-0.39, 0.29) is 18.3 Å². The lowest BCUT2D eigenvalue weighted by molar-refractivity contribution is -0.141. The van der Waals surface area contributed by atoms with E-state index in [9.17, 15) is 9.59 Å². The van der Waals surface area contributed by atoms with Crippen LogP contribution in [0, 0.1) is 23.7 Å². The van der Waals surface area contributed by atoms with Crippen LogP contribution in [0.2, 0.25) is 0 Å². The highest BCUT2D eigenvalue weighted by Crippen LogP contribution is 2.56. The van der Waals surface area contributed by atoms with Gasteiger partial charge in [0.25, 0.3) is 0 Å². The van der Waals surface area contributed by atoms with Gasteiger partial charge in [0, 0.05) is 25.4 Å². The number of hydrogen-bond donors (Lipinski definition) is 1. The van der Waals surface area contributed by atoms with E-state index < -0.39 is 5.97 Å². The second-order valence-corrected chi connectivity index (χ2v) is 6.53. The van der Waals surface area contributed by atoms with E-state index in [1.165, 1.54) is 25.7 Å². The molecule has 3 aliphatic rings. The smallest absolute Gasteiger partial charge is 0.303 e. The molecule has 0 radical (unpaired) electrons. The first-order chi connectivity index (χ1) is 9.16. The number of piperidine rings is 1. The molecule has 19 heavy (non-hydrogen) atoms. The topological polar surface area (TPSA) is 57.6 Å². The Labute approximate surface area is 114 Å². The second-order valence-electron chi connectivity index (χ2n) is 6.53. The molecule has 2 aliphatic carbocycles. The normalized spacial score (nSPS) is 37.6. The van der Waals surface area contributed by atoms with Gasteiger partial charge in [-0.2, -0.15) is 0 Å². The molecule has 0 bridgehead atoms. The van der Waals surface area contributed by atoms with Crippen molar-refractivity contribution in [2.45, 2.75) is 44.9 Å². The van der Waals surface area contributed by atoms with Crippen molar-refractivity contribution in [3.63, 3.8) is 0 Å². The number of fused-ring (bicyclic) bond motifs is 1. The molecule has 0 aromatic heterocycles. The number of carbonyl (C=O) groups is 2. The molecule has 0 aromatic carbocycles. The highest BCUT2D eigenvalue weighted by molar-refractivity contribution is 5.82. The van der Waals surface area contributed by atoms with Crippen LogP contribution in [-0.4, -0.2) is 35.0 Å². The van der Waals surface area contributed by atoms with Crippen LogP contribution in [0.15, 0.2) is 0 Å². The minimum Gasteiger partial charge on any atom is -0.481 e. The van der Waals surface area contributed by atoms with E-state index in [2.05, 4.69) is 0 Å². The summed E-state index contributed by atoms with van der Waals surface area (Å²) in [4.78, 5) is 25.3. The Morgan fingerprint density at radius 3 is 2.37 bits per heavy atom. The third kappa shape index (κ3) is 2.63. The maximum atomic E-state index is 12.5. The van der Waals surface area contributed by atoms with E-state index >= 15 is 0 Å². The lowest BCUT2D eigenvalue weighted by Gasteiger charge is -2.32. The predicted molar refractivity (Wildman–Crippen MR) is 70.5 cm³/mol. The molecule has 1 heterocycles.